The number of sulfone groups is 1. The van der Waals surface area contributed by atoms with Gasteiger partial charge in [0, 0.05) is 13.0 Å². The predicted octanol–water partition coefficient (Wildman–Crippen LogP) is 2.58. The van der Waals surface area contributed by atoms with Crippen LogP contribution in [0.25, 0.3) is 0 Å². The van der Waals surface area contributed by atoms with Crippen molar-refractivity contribution in [3.8, 4) is 0 Å². The van der Waals surface area contributed by atoms with Crippen molar-refractivity contribution >= 4 is 21.4 Å². The van der Waals surface area contributed by atoms with Gasteiger partial charge in [-0.1, -0.05) is 24.3 Å². The van der Waals surface area contributed by atoms with Gasteiger partial charge < -0.3 is 4.90 Å². The lowest BCUT2D eigenvalue weighted by atomic mass is 10.1. The maximum atomic E-state index is 13.2. The topological polar surface area (TPSA) is 54.5 Å². The van der Waals surface area contributed by atoms with Gasteiger partial charge in [0.25, 0.3) is 0 Å². The normalized spacial score (nSPS) is 16.0. The molecule has 2 aromatic rings. The molecule has 3 rings (SSSR count). The number of benzene rings is 2. The summed E-state index contributed by atoms with van der Waals surface area (Å²) in [6.45, 7) is 0.154. The molecule has 4 nitrogen and oxygen atoms in total. The summed E-state index contributed by atoms with van der Waals surface area (Å²) in [5, 5.41) is 0. The minimum atomic E-state index is -3.32. The third kappa shape index (κ3) is 3.27. The van der Waals surface area contributed by atoms with Crippen LogP contribution in [-0.2, 0) is 21.1 Å². The second kappa shape index (κ2) is 6.12. The van der Waals surface area contributed by atoms with Crippen LogP contribution < -0.4 is 4.90 Å². The van der Waals surface area contributed by atoms with Crippen LogP contribution in [0.3, 0.4) is 0 Å². The first-order valence-electron chi connectivity index (χ1n) is 7.34. The molecule has 1 heterocycles. The Bertz CT molecular complexity index is 848. The number of rotatable bonds is 3. The number of carbonyl (C=O) groups excluding carboxylic acids is 1. The van der Waals surface area contributed by atoms with E-state index >= 15 is 0 Å². The quantitative estimate of drug-likeness (QED) is 0.867. The molecule has 0 unspecified atom stereocenters. The highest BCUT2D eigenvalue weighted by molar-refractivity contribution is 7.91. The van der Waals surface area contributed by atoms with Gasteiger partial charge in [-0.05, 0) is 36.2 Å². The number of hydrogen-bond donors (Lipinski definition) is 0. The number of hydrogen-bond acceptors (Lipinski definition) is 3. The molecule has 0 radical (unpaired) electrons. The van der Waals surface area contributed by atoms with Gasteiger partial charge in [0.15, 0.2) is 9.84 Å². The minimum absolute atomic E-state index is 0.0737. The Morgan fingerprint density at radius 2 is 1.91 bits per heavy atom. The van der Waals surface area contributed by atoms with Crippen LogP contribution in [0.2, 0.25) is 0 Å². The zero-order chi connectivity index (χ0) is 16.4. The Balaban J connectivity index is 1.78. The summed E-state index contributed by atoms with van der Waals surface area (Å²) < 4.78 is 37.3. The van der Waals surface area contributed by atoms with E-state index in [0.717, 1.165) is 5.56 Å². The highest BCUT2D eigenvalue weighted by Gasteiger charge is 2.30. The number of halogens is 1. The molecule has 1 aliphatic rings. The van der Waals surface area contributed by atoms with Gasteiger partial charge in [-0.15, -0.1) is 0 Å². The van der Waals surface area contributed by atoms with Crippen LogP contribution in [0.4, 0.5) is 10.1 Å². The van der Waals surface area contributed by atoms with Crippen molar-refractivity contribution < 1.29 is 17.6 Å². The Kier molecular flexibility index (Phi) is 4.17. The molecule has 120 valence electrons. The van der Waals surface area contributed by atoms with Crippen LogP contribution in [0.1, 0.15) is 12.0 Å². The molecular weight excluding hydrogens is 317 g/mol. The van der Waals surface area contributed by atoms with Gasteiger partial charge in [-0.25, -0.2) is 12.8 Å². The molecule has 6 heteroatoms. The van der Waals surface area contributed by atoms with E-state index in [1.165, 1.54) is 23.1 Å². The summed E-state index contributed by atoms with van der Waals surface area (Å²) in [5.41, 5.74) is 1.18. The molecule has 1 amide bonds. The molecule has 0 aliphatic carbocycles. The van der Waals surface area contributed by atoms with Crippen molar-refractivity contribution in [2.24, 2.45) is 0 Å². The van der Waals surface area contributed by atoms with E-state index in [2.05, 4.69) is 0 Å². The maximum Gasteiger partial charge on any atom is 0.227 e. The van der Waals surface area contributed by atoms with E-state index < -0.39 is 9.84 Å². The highest BCUT2D eigenvalue weighted by Crippen LogP contribution is 2.30. The summed E-state index contributed by atoms with van der Waals surface area (Å²) in [6, 6.07) is 12.7. The number of para-hydroxylation sites is 1. The third-order valence-electron chi connectivity index (χ3n) is 3.89. The van der Waals surface area contributed by atoms with Crippen LogP contribution in [-0.4, -0.2) is 26.6 Å². The number of nitrogens with zero attached hydrogens (tertiary/aromatic N) is 1. The summed E-state index contributed by atoms with van der Waals surface area (Å²) in [5.74, 6) is -0.559. The molecule has 0 bridgehead atoms. The fraction of sp³-hybridized carbons (Fsp3) is 0.235. The van der Waals surface area contributed by atoms with Gasteiger partial charge in [0.1, 0.15) is 5.82 Å². The first-order valence-corrected chi connectivity index (χ1v) is 8.99. The Morgan fingerprint density at radius 3 is 2.70 bits per heavy atom. The Hall–Kier alpha value is -2.21. The maximum absolute atomic E-state index is 13.2. The molecule has 0 N–H and O–H groups in total. The summed E-state index contributed by atoms with van der Waals surface area (Å²) >= 11 is 0. The Morgan fingerprint density at radius 1 is 1.13 bits per heavy atom. The van der Waals surface area contributed by atoms with E-state index in [1.807, 2.05) is 0 Å². The molecule has 0 fully saturated rings. The van der Waals surface area contributed by atoms with Crippen LogP contribution in [0, 0.1) is 5.82 Å². The summed E-state index contributed by atoms with van der Waals surface area (Å²) in [6.07, 6.45) is 0.625. The SMILES string of the molecule is O=C(CCc1cccc(F)c1)N1CCS(=O)(=O)c2ccccc21. The largest absolute Gasteiger partial charge is 0.310 e. The van der Waals surface area contributed by atoms with E-state index in [1.54, 1.807) is 30.3 Å². The number of aryl methyl sites for hydroxylation is 1. The predicted molar refractivity (Wildman–Crippen MR) is 85.6 cm³/mol. The molecule has 0 aromatic heterocycles. The second-order valence-corrected chi connectivity index (χ2v) is 7.54. The lowest BCUT2D eigenvalue weighted by Crippen LogP contribution is -2.39. The van der Waals surface area contributed by atoms with Gasteiger partial charge in [0.05, 0.1) is 16.3 Å². The lowest BCUT2D eigenvalue weighted by molar-refractivity contribution is -0.118. The first-order chi connectivity index (χ1) is 11.0. The smallest absolute Gasteiger partial charge is 0.227 e. The number of amides is 1. The minimum Gasteiger partial charge on any atom is -0.310 e. The summed E-state index contributed by atoms with van der Waals surface area (Å²) in [7, 11) is -3.32. The zero-order valence-electron chi connectivity index (χ0n) is 12.4. The molecule has 0 spiro atoms. The van der Waals surface area contributed by atoms with E-state index in [4.69, 9.17) is 0 Å². The van der Waals surface area contributed by atoms with Crippen LogP contribution in [0.15, 0.2) is 53.4 Å². The molecule has 0 saturated heterocycles. The van der Waals surface area contributed by atoms with Crippen LogP contribution >= 0.6 is 0 Å². The van der Waals surface area contributed by atoms with Crippen LogP contribution in [0.5, 0.6) is 0 Å². The average molecular weight is 333 g/mol. The Labute approximate surface area is 134 Å². The average Bonchev–Trinajstić information content (AvgIpc) is 2.53. The van der Waals surface area contributed by atoms with Gasteiger partial charge in [-0.2, -0.15) is 0 Å². The van der Waals surface area contributed by atoms with Gasteiger partial charge in [-0.3, -0.25) is 4.79 Å². The van der Waals surface area contributed by atoms with Crippen molar-refractivity contribution in [3.63, 3.8) is 0 Å². The van der Waals surface area contributed by atoms with Crippen molar-refractivity contribution in [2.45, 2.75) is 17.7 Å². The standard InChI is InChI=1S/C17H16FNO3S/c18-14-5-3-4-13(12-14)8-9-17(20)19-10-11-23(21,22)16-7-2-1-6-15(16)19/h1-7,12H,8-11H2. The second-order valence-electron chi connectivity index (χ2n) is 5.46. The first kappa shape index (κ1) is 15.7. The van der Waals surface area contributed by atoms with Crippen molar-refractivity contribution in [1.29, 1.82) is 0 Å². The molecule has 1 aliphatic heterocycles. The fourth-order valence-electron chi connectivity index (χ4n) is 2.72. The van der Waals surface area contributed by atoms with Gasteiger partial charge >= 0.3 is 0 Å². The molecular formula is C17H16FNO3S. The molecule has 0 atom stereocenters. The molecule has 23 heavy (non-hydrogen) atoms. The van der Waals surface area contributed by atoms with Crippen molar-refractivity contribution in [1.82, 2.24) is 0 Å². The van der Waals surface area contributed by atoms with E-state index in [0.29, 0.717) is 12.1 Å². The van der Waals surface area contributed by atoms with E-state index in [-0.39, 0.29) is 35.3 Å². The van der Waals surface area contributed by atoms with Crippen molar-refractivity contribution in [2.75, 3.05) is 17.2 Å². The number of carbonyl (C=O) groups is 1. The lowest BCUT2D eigenvalue weighted by Gasteiger charge is -2.29. The number of anilines is 1. The fourth-order valence-corrected chi connectivity index (χ4v) is 4.15. The molecule has 2 aromatic carbocycles. The monoisotopic (exact) mass is 333 g/mol. The van der Waals surface area contributed by atoms with E-state index in [9.17, 15) is 17.6 Å². The molecule has 0 saturated carbocycles. The number of fused-ring (bicyclic) bond motifs is 1. The summed E-state index contributed by atoms with van der Waals surface area (Å²) in [4.78, 5) is 14.2. The van der Waals surface area contributed by atoms with Crippen molar-refractivity contribution in [3.05, 3.63) is 59.9 Å². The van der Waals surface area contributed by atoms with Gasteiger partial charge in [0.2, 0.25) is 5.91 Å². The zero-order valence-corrected chi connectivity index (χ0v) is 13.2. The third-order valence-corrected chi connectivity index (χ3v) is 5.63. The highest BCUT2D eigenvalue weighted by atomic mass is 32.2.